The Hall–Kier alpha value is -2.11. The Morgan fingerprint density at radius 1 is 1.30 bits per heavy atom. The minimum absolute atomic E-state index is 0.191. The van der Waals surface area contributed by atoms with Gasteiger partial charge >= 0.3 is 6.09 Å². The van der Waals surface area contributed by atoms with E-state index < -0.39 is 11.7 Å². The van der Waals surface area contributed by atoms with Gasteiger partial charge in [0.05, 0.1) is 17.4 Å². The largest absolute Gasteiger partial charge is 0.491 e. The number of anilines is 2. The van der Waals surface area contributed by atoms with Gasteiger partial charge < -0.3 is 26.3 Å². The van der Waals surface area contributed by atoms with Crippen molar-refractivity contribution in [2.75, 3.05) is 18.1 Å². The zero-order chi connectivity index (χ0) is 15.3. The average molecular weight is 281 g/mol. The summed E-state index contributed by atoms with van der Waals surface area (Å²) in [6.45, 7) is 7.56. The first kappa shape index (κ1) is 15.9. The molecule has 1 rings (SSSR count). The summed E-state index contributed by atoms with van der Waals surface area (Å²) in [5, 5.41) is 2.69. The number of nitrogen functional groups attached to an aromatic ring is 2. The van der Waals surface area contributed by atoms with Gasteiger partial charge in [0.2, 0.25) is 0 Å². The maximum absolute atomic E-state index is 11.6. The number of carbonyl (C=O) groups is 1. The third-order valence-electron chi connectivity index (χ3n) is 2.32. The number of benzene rings is 1. The molecular weight excluding hydrogens is 258 g/mol. The van der Waals surface area contributed by atoms with E-state index in [1.807, 2.05) is 27.7 Å². The molecule has 6 heteroatoms. The molecule has 1 aromatic rings. The number of nitrogens with one attached hydrogen (secondary N) is 1. The van der Waals surface area contributed by atoms with Crippen LogP contribution >= 0.6 is 0 Å². The number of amides is 1. The minimum Gasteiger partial charge on any atom is -0.491 e. The maximum Gasteiger partial charge on any atom is 0.407 e. The van der Waals surface area contributed by atoms with Gasteiger partial charge in [-0.2, -0.15) is 0 Å². The normalized spacial score (nSPS) is 12.6. The van der Waals surface area contributed by atoms with Crippen LogP contribution in [0.4, 0.5) is 16.2 Å². The van der Waals surface area contributed by atoms with Crippen molar-refractivity contribution in [2.24, 2.45) is 0 Å². The summed E-state index contributed by atoms with van der Waals surface area (Å²) in [7, 11) is 0. The van der Waals surface area contributed by atoms with Gasteiger partial charge in [-0.1, -0.05) is 0 Å². The number of alkyl carbamates (subject to hydrolysis) is 1. The summed E-state index contributed by atoms with van der Waals surface area (Å²) in [5.74, 6) is 0.606. The van der Waals surface area contributed by atoms with E-state index in [2.05, 4.69) is 5.32 Å². The molecule has 1 amide bonds. The molecule has 0 spiro atoms. The first-order valence-corrected chi connectivity index (χ1v) is 6.44. The molecule has 0 unspecified atom stereocenters. The lowest BCUT2D eigenvalue weighted by Crippen LogP contribution is -2.40. The summed E-state index contributed by atoms with van der Waals surface area (Å²) in [6, 6.07) is 4.86. The molecule has 1 aromatic carbocycles. The van der Waals surface area contributed by atoms with Gasteiger partial charge in [0.15, 0.2) is 0 Å². The minimum atomic E-state index is -0.518. The fraction of sp³-hybridized carbons (Fsp3) is 0.500. The van der Waals surface area contributed by atoms with Crippen LogP contribution in [0.2, 0.25) is 0 Å². The molecule has 0 saturated heterocycles. The van der Waals surface area contributed by atoms with E-state index in [1.54, 1.807) is 18.2 Å². The molecule has 0 saturated carbocycles. The smallest absolute Gasteiger partial charge is 0.407 e. The molecule has 0 aliphatic rings. The van der Waals surface area contributed by atoms with Crippen molar-refractivity contribution in [1.29, 1.82) is 0 Å². The molecule has 0 aromatic heterocycles. The van der Waals surface area contributed by atoms with E-state index in [9.17, 15) is 4.79 Å². The summed E-state index contributed by atoms with van der Waals surface area (Å²) in [4.78, 5) is 11.6. The van der Waals surface area contributed by atoms with Crippen molar-refractivity contribution in [3.63, 3.8) is 0 Å². The fourth-order valence-corrected chi connectivity index (χ4v) is 1.41. The first-order chi connectivity index (χ1) is 9.17. The van der Waals surface area contributed by atoms with Crippen LogP contribution < -0.4 is 21.5 Å². The molecule has 0 heterocycles. The van der Waals surface area contributed by atoms with Gasteiger partial charge in [0, 0.05) is 6.07 Å². The second-order valence-electron chi connectivity index (χ2n) is 5.65. The van der Waals surface area contributed by atoms with Crippen LogP contribution in [0.15, 0.2) is 18.2 Å². The Bertz CT molecular complexity index is 469. The van der Waals surface area contributed by atoms with Crippen molar-refractivity contribution in [1.82, 2.24) is 5.32 Å². The molecule has 0 bridgehead atoms. The number of hydrogen-bond donors (Lipinski definition) is 3. The van der Waals surface area contributed by atoms with E-state index in [4.69, 9.17) is 20.9 Å². The Morgan fingerprint density at radius 2 is 1.95 bits per heavy atom. The number of carbonyl (C=O) groups excluding carboxylic acids is 1. The number of hydrogen-bond acceptors (Lipinski definition) is 5. The Balaban J connectivity index is 2.41. The van der Waals surface area contributed by atoms with Crippen molar-refractivity contribution in [2.45, 2.75) is 39.3 Å². The highest BCUT2D eigenvalue weighted by Gasteiger charge is 2.17. The van der Waals surface area contributed by atoms with Crippen LogP contribution in [0.3, 0.4) is 0 Å². The lowest BCUT2D eigenvalue weighted by Gasteiger charge is -2.22. The Morgan fingerprint density at radius 3 is 2.50 bits per heavy atom. The molecule has 0 fully saturated rings. The monoisotopic (exact) mass is 281 g/mol. The third-order valence-corrected chi connectivity index (χ3v) is 2.32. The van der Waals surface area contributed by atoms with Gasteiger partial charge in [0.1, 0.15) is 18.0 Å². The number of nitrogens with two attached hydrogens (primary N) is 2. The van der Waals surface area contributed by atoms with E-state index in [0.717, 1.165) is 0 Å². The van der Waals surface area contributed by atoms with Crippen LogP contribution in [0.25, 0.3) is 0 Å². The predicted octanol–water partition coefficient (Wildman–Crippen LogP) is 2.14. The van der Waals surface area contributed by atoms with Crippen LogP contribution in [0.1, 0.15) is 27.7 Å². The summed E-state index contributed by atoms with van der Waals surface area (Å²) >= 11 is 0. The van der Waals surface area contributed by atoms with Crippen molar-refractivity contribution in [3.05, 3.63) is 18.2 Å². The quantitative estimate of drug-likeness (QED) is 0.734. The van der Waals surface area contributed by atoms with E-state index >= 15 is 0 Å². The van der Waals surface area contributed by atoms with Gasteiger partial charge in [-0.05, 0) is 39.8 Å². The highest BCUT2D eigenvalue weighted by molar-refractivity contribution is 5.68. The molecule has 6 nitrogen and oxygen atoms in total. The van der Waals surface area contributed by atoms with Crippen LogP contribution in [-0.4, -0.2) is 24.3 Å². The zero-order valence-corrected chi connectivity index (χ0v) is 12.4. The van der Waals surface area contributed by atoms with Crippen molar-refractivity contribution >= 4 is 17.5 Å². The predicted molar refractivity (Wildman–Crippen MR) is 79.6 cm³/mol. The number of rotatable bonds is 4. The molecule has 20 heavy (non-hydrogen) atoms. The van der Waals surface area contributed by atoms with Crippen LogP contribution in [0, 0.1) is 0 Å². The summed E-state index contributed by atoms with van der Waals surface area (Å²) in [6.07, 6.45) is -0.467. The fourth-order valence-electron chi connectivity index (χ4n) is 1.41. The lowest BCUT2D eigenvalue weighted by atomic mass is 10.2. The second-order valence-corrected chi connectivity index (χ2v) is 5.65. The standard InChI is InChI=1S/C14H23N3O3/c1-9(17-13(18)20-14(2,3)4)8-19-10-5-6-11(15)12(16)7-10/h5-7,9H,8,15-16H2,1-4H3,(H,17,18)/t9-/m1/s1. The maximum atomic E-state index is 11.6. The SMILES string of the molecule is C[C@H](COc1ccc(N)c(N)c1)NC(=O)OC(C)(C)C. The van der Waals surface area contributed by atoms with Crippen molar-refractivity contribution < 1.29 is 14.3 Å². The second kappa shape index (κ2) is 6.36. The molecular formula is C14H23N3O3. The molecule has 0 aliphatic carbocycles. The summed E-state index contributed by atoms with van der Waals surface area (Å²) in [5.41, 5.74) is 11.8. The molecule has 1 atom stereocenters. The first-order valence-electron chi connectivity index (χ1n) is 6.44. The van der Waals surface area contributed by atoms with Crippen LogP contribution in [0.5, 0.6) is 5.75 Å². The average Bonchev–Trinajstić information content (AvgIpc) is 2.28. The zero-order valence-electron chi connectivity index (χ0n) is 12.4. The highest BCUT2D eigenvalue weighted by Crippen LogP contribution is 2.21. The van der Waals surface area contributed by atoms with E-state index in [0.29, 0.717) is 23.7 Å². The molecule has 0 aliphatic heterocycles. The summed E-state index contributed by atoms with van der Waals surface area (Å²) < 4.78 is 10.7. The van der Waals surface area contributed by atoms with E-state index in [-0.39, 0.29) is 6.04 Å². The van der Waals surface area contributed by atoms with Gasteiger partial charge in [-0.25, -0.2) is 4.79 Å². The van der Waals surface area contributed by atoms with Crippen molar-refractivity contribution in [3.8, 4) is 5.75 Å². The van der Waals surface area contributed by atoms with Gasteiger partial charge in [0.25, 0.3) is 0 Å². The van der Waals surface area contributed by atoms with Crippen LogP contribution in [-0.2, 0) is 4.74 Å². The molecule has 5 N–H and O–H groups in total. The van der Waals surface area contributed by atoms with Gasteiger partial charge in [-0.15, -0.1) is 0 Å². The molecule has 0 radical (unpaired) electrons. The van der Waals surface area contributed by atoms with Gasteiger partial charge in [-0.3, -0.25) is 0 Å². The third kappa shape index (κ3) is 5.69. The number of ether oxygens (including phenoxy) is 2. The molecule has 112 valence electrons. The topological polar surface area (TPSA) is 99.6 Å². The Labute approximate surface area is 119 Å². The Kier molecular flexibility index (Phi) is 5.07. The van der Waals surface area contributed by atoms with E-state index in [1.165, 1.54) is 0 Å². The highest BCUT2D eigenvalue weighted by atomic mass is 16.6. The lowest BCUT2D eigenvalue weighted by molar-refractivity contribution is 0.0494.